The van der Waals surface area contributed by atoms with Crippen LogP contribution in [0.15, 0.2) is 18.2 Å². The Kier molecular flexibility index (Phi) is 4.77. The summed E-state index contributed by atoms with van der Waals surface area (Å²) in [6.07, 6.45) is 0. The van der Waals surface area contributed by atoms with Crippen molar-refractivity contribution in [3.63, 3.8) is 0 Å². The van der Waals surface area contributed by atoms with Crippen LogP contribution < -0.4 is 4.74 Å². The summed E-state index contributed by atoms with van der Waals surface area (Å²) >= 11 is 2.20. The van der Waals surface area contributed by atoms with E-state index in [1.165, 1.54) is 0 Å². The molecule has 1 aromatic carbocycles. The molecule has 0 radical (unpaired) electrons. The van der Waals surface area contributed by atoms with E-state index in [4.69, 9.17) is 4.74 Å². The summed E-state index contributed by atoms with van der Waals surface area (Å²) in [6.45, 7) is 6.08. The third-order valence-corrected chi connectivity index (χ3v) is 3.51. The molecule has 0 spiro atoms. The third kappa shape index (κ3) is 2.97. The Bertz CT molecular complexity index is 386. The van der Waals surface area contributed by atoms with Crippen molar-refractivity contribution in [3.05, 3.63) is 27.3 Å². The van der Waals surface area contributed by atoms with Crippen LogP contribution in [0, 0.1) is 15.4 Å². The van der Waals surface area contributed by atoms with Gasteiger partial charge in [0.05, 0.1) is 12.7 Å². The molecule has 0 aliphatic rings. The van der Waals surface area contributed by atoms with Gasteiger partial charge in [-0.15, -0.1) is 0 Å². The number of Topliss-reactive ketones (excluding diaryl/α,β-unsaturated/α-hetero) is 1. The number of benzene rings is 1. The molecule has 0 bridgehead atoms. The standard InChI is InChI=1S/C13H17IO2/c1-8(2)9(3)13(15)11-7-10(14)5-6-12(11)16-4/h5-9H,1-4H3. The van der Waals surface area contributed by atoms with E-state index in [0.717, 1.165) is 3.57 Å². The number of carbonyl (C=O) groups excluding carboxylic acids is 1. The average molecular weight is 332 g/mol. The molecule has 0 fully saturated rings. The number of carbonyl (C=O) groups is 1. The molecule has 0 amide bonds. The smallest absolute Gasteiger partial charge is 0.169 e. The Morgan fingerprint density at radius 1 is 1.31 bits per heavy atom. The van der Waals surface area contributed by atoms with Gasteiger partial charge in [-0.2, -0.15) is 0 Å². The molecule has 88 valence electrons. The molecule has 0 heterocycles. The second-order valence-corrected chi connectivity index (χ2v) is 5.49. The zero-order valence-corrected chi connectivity index (χ0v) is 12.2. The van der Waals surface area contributed by atoms with Gasteiger partial charge in [-0.1, -0.05) is 20.8 Å². The molecule has 1 atom stereocenters. The summed E-state index contributed by atoms with van der Waals surface area (Å²) in [4.78, 5) is 12.2. The van der Waals surface area contributed by atoms with E-state index in [9.17, 15) is 4.79 Å². The second-order valence-electron chi connectivity index (χ2n) is 4.24. The molecule has 3 heteroatoms. The zero-order chi connectivity index (χ0) is 12.3. The number of rotatable bonds is 4. The SMILES string of the molecule is COc1ccc(I)cc1C(=O)C(C)C(C)C. The van der Waals surface area contributed by atoms with Crippen molar-refractivity contribution in [1.29, 1.82) is 0 Å². The number of halogens is 1. The van der Waals surface area contributed by atoms with Crippen molar-refractivity contribution >= 4 is 28.4 Å². The number of hydrogen-bond acceptors (Lipinski definition) is 2. The minimum absolute atomic E-state index is 0.0205. The van der Waals surface area contributed by atoms with E-state index in [0.29, 0.717) is 17.2 Å². The Morgan fingerprint density at radius 3 is 2.44 bits per heavy atom. The van der Waals surface area contributed by atoms with Crippen molar-refractivity contribution in [2.45, 2.75) is 20.8 Å². The van der Waals surface area contributed by atoms with Gasteiger partial charge in [0.1, 0.15) is 5.75 Å². The largest absolute Gasteiger partial charge is 0.496 e. The fourth-order valence-electron chi connectivity index (χ4n) is 1.42. The van der Waals surface area contributed by atoms with Crippen LogP contribution in [0.25, 0.3) is 0 Å². The van der Waals surface area contributed by atoms with Gasteiger partial charge in [0.2, 0.25) is 0 Å². The predicted octanol–water partition coefficient (Wildman–Crippen LogP) is 3.77. The maximum absolute atomic E-state index is 12.2. The normalized spacial score (nSPS) is 12.6. The quantitative estimate of drug-likeness (QED) is 0.620. The Balaban J connectivity index is 3.11. The van der Waals surface area contributed by atoms with E-state index in [1.807, 2.05) is 25.1 Å². The lowest BCUT2D eigenvalue weighted by Crippen LogP contribution is -2.17. The van der Waals surface area contributed by atoms with Crippen molar-refractivity contribution in [1.82, 2.24) is 0 Å². The van der Waals surface area contributed by atoms with Gasteiger partial charge < -0.3 is 4.74 Å². The van der Waals surface area contributed by atoms with Crippen LogP contribution in [-0.2, 0) is 0 Å². The molecule has 0 aromatic heterocycles. The van der Waals surface area contributed by atoms with Crippen LogP contribution in [0.5, 0.6) is 5.75 Å². The van der Waals surface area contributed by atoms with Gasteiger partial charge in [0, 0.05) is 9.49 Å². The predicted molar refractivity (Wildman–Crippen MR) is 74.0 cm³/mol. The second kappa shape index (κ2) is 5.66. The molecular weight excluding hydrogens is 315 g/mol. The van der Waals surface area contributed by atoms with E-state index < -0.39 is 0 Å². The first-order chi connectivity index (χ1) is 7.47. The van der Waals surface area contributed by atoms with Gasteiger partial charge in [0.25, 0.3) is 0 Å². The Hall–Kier alpha value is -0.580. The van der Waals surface area contributed by atoms with E-state index in [1.54, 1.807) is 7.11 Å². The fraction of sp³-hybridized carbons (Fsp3) is 0.462. The lowest BCUT2D eigenvalue weighted by molar-refractivity contribution is 0.0896. The van der Waals surface area contributed by atoms with E-state index in [-0.39, 0.29) is 11.7 Å². The molecule has 0 aliphatic carbocycles. The maximum atomic E-state index is 12.2. The molecule has 16 heavy (non-hydrogen) atoms. The van der Waals surface area contributed by atoms with Crippen LogP contribution in [0.2, 0.25) is 0 Å². The lowest BCUT2D eigenvalue weighted by Gasteiger charge is -2.16. The minimum atomic E-state index is 0.0205. The van der Waals surface area contributed by atoms with Gasteiger partial charge in [-0.25, -0.2) is 0 Å². The van der Waals surface area contributed by atoms with Gasteiger partial charge >= 0.3 is 0 Å². The van der Waals surface area contributed by atoms with Gasteiger partial charge in [-0.05, 0) is 46.7 Å². The number of ketones is 1. The Labute approximate surface area is 111 Å². The molecule has 0 saturated carbocycles. The fourth-order valence-corrected chi connectivity index (χ4v) is 1.91. The first kappa shape index (κ1) is 13.5. The van der Waals surface area contributed by atoms with Crippen LogP contribution in [0.3, 0.4) is 0 Å². The van der Waals surface area contributed by atoms with Crippen LogP contribution in [0.1, 0.15) is 31.1 Å². The highest BCUT2D eigenvalue weighted by atomic mass is 127. The summed E-state index contributed by atoms with van der Waals surface area (Å²) in [7, 11) is 1.60. The van der Waals surface area contributed by atoms with Gasteiger partial charge in [0.15, 0.2) is 5.78 Å². The zero-order valence-electron chi connectivity index (χ0n) is 10.1. The number of ether oxygens (including phenoxy) is 1. The molecule has 0 aliphatic heterocycles. The summed E-state index contributed by atoms with van der Waals surface area (Å²) in [6, 6.07) is 5.68. The van der Waals surface area contributed by atoms with E-state index in [2.05, 4.69) is 36.4 Å². The number of methoxy groups -OCH3 is 1. The molecule has 1 aromatic rings. The molecule has 0 saturated heterocycles. The van der Waals surface area contributed by atoms with Crippen LogP contribution in [0.4, 0.5) is 0 Å². The number of hydrogen-bond donors (Lipinski definition) is 0. The van der Waals surface area contributed by atoms with Crippen LogP contribution in [-0.4, -0.2) is 12.9 Å². The topological polar surface area (TPSA) is 26.3 Å². The molecular formula is C13H17IO2. The van der Waals surface area contributed by atoms with E-state index >= 15 is 0 Å². The average Bonchev–Trinajstić information content (AvgIpc) is 2.26. The minimum Gasteiger partial charge on any atom is -0.496 e. The highest BCUT2D eigenvalue weighted by molar-refractivity contribution is 14.1. The summed E-state index contributed by atoms with van der Waals surface area (Å²) < 4.78 is 6.28. The molecule has 0 N–H and O–H groups in total. The van der Waals surface area contributed by atoms with Crippen molar-refractivity contribution in [2.24, 2.45) is 11.8 Å². The highest BCUT2D eigenvalue weighted by Crippen LogP contribution is 2.26. The van der Waals surface area contributed by atoms with Crippen molar-refractivity contribution < 1.29 is 9.53 Å². The first-order valence-corrected chi connectivity index (χ1v) is 6.43. The third-order valence-electron chi connectivity index (χ3n) is 2.84. The van der Waals surface area contributed by atoms with Crippen molar-refractivity contribution in [2.75, 3.05) is 7.11 Å². The maximum Gasteiger partial charge on any atom is 0.169 e. The van der Waals surface area contributed by atoms with Crippen LogP contribution >= 0.6 is 22.6 Å². The molecule has 1 rings (SSSR count). The molecule has 1 unspecified atom stereocenters. The van der Waals surface area contributed by atoms with Gasteiger partial charge in [-0.3, -0.25) is 4.79 Å². The summed E-state index contributed by atoms with van der Waals surface area (Å²) in [5, 5.41) is 0. The molecule has 2 nitrogen and oxygen atoms in total. The monoisotopic (exact) mass is 332 g/mol. The van der Waals surface area contributed by atoms with Crippen molar-refractivity contribution in [3.8, 4) is 5.75 Å². The Morgan fingerprint density at radius 2 is 1.94 bits per heavy atom. The highest BCUT2D eigenvalue weighted by Gasteiger charge is 2.21. The first-order valence-electron chi connectivity index (χ1n) is 5.35. The lowest BCUT2D eigenvalue weighted by atomic mass is 9.89. The summed E-state index contributed by atoms with van der Waals surface area (Å²) in [5.41, 5.74) is 0.690. The summed E-state index contributed by atoms with van der Waals surface area (Å²) in [5.74, 6) is 1.19.